The van der Waals surface area contributed by atoms with Crippen molar-refractivity contribution in [3.8, 4) is 0 Å². The molecule has 0 radical (unpaired) electrons. The third-order valence-electron chi connectivity index (χ3n) is 6.94. The van der Waals surface area contributed by atoms with Gasteiger partial charge in [-0.2, -0.15) is 5.10 Å². The molecule has 250 valence electrons. The van der Waals surface area contributed by atoms with Gasteiger partial charge in [-0.1, -0.05) is 54.4 Å². The van der Waals surface area contributed by atoms with Crippen LogP contribution in [0, 0.1) is 12.8 Å². The summed E-state index contributed by atoms with van der Waals surface area (Å²) in [6.07, 6.45) is 11.0. The number of hydrogen-bond donors (Lipinski definition) is 0. The number of hydrazone groups is 1. The first-order chi connectivity index (χ1) is 21.4. The molecule has 11 heteroatoms. The number of ether oxygens (including phenoxy) is 2. The molecule has 8 nitrogen and oxygen atoms in total. The number of piperidine rings is 1. The van der Waals surface area contributed by atoms with Crippen molar-refractivity contribution in [2.75, 3.05) is 76.1 Å². The molecule has 2 aliphatic heterocycles. The molecular weight excluding hydrogens is 631 g/mol. The van der Waals surface area contributed by atoms with Gasteiger partial charge in [-0.05, 0) is 74.4 Å². The van der Waals surface area contributed by atoms with Gasteiger partial charge >= 0.3 is 0 Å². The molecule has 1 atom stereocenters. The summed E-state index contributed by atoms with van der Waals surface area (Å²) < 4.78 is 11.0. The maximum absolute atomic E-state index is 13.6. The van der Waals surface area contributed by atoms with E-state index in [9.17, 15) is 9.59 Å². The van der Waals surface area contributed by atoms with E-state index in [-0.39, 0.29) is 31.0 Å². The van der Waals surface area contributed by atoms with Crippen LogP contribution in [0.5, 0.6) is 0 Å². The normalized spacial score (nSPS) is 16.3. The summed E-state index contributed by atoms with van der Waals surface area (Å²) in [6, 6.07) is 15.0. The lowest BCUT2D eigenvalue weighted by Gasteiger charge is -2.40. The second-order valence-corrected chi connectivity index (χ2v) is 17.2. The van der Waals surface area contributed by atoms with Gasteiger partial charge in [-0.25, -0.2) is 15.0 Å². The van der Waals surface area contributed by atoms with Crippen molar-refractivity contribution in [2.45, 2.75) is 33.1 Å². The smallest absolute Gasteiger partial charge is 0.262 e. The van der Waals surface area contributed by atoms with Crippen molar-refractivity contribution in [3.05, 3.63) is 76.8 Å². The first-order valence-electron chi connectivity index (χ1n) is 15.1. The van der Waals surface area contributed by atoms with Crippen LogP contribution in [0.1, 0.15) is 31.7 Å². The Hall–Kier alpha value is -2.56. The largest absolute Gasteiger partial charge is 0.383 e. The van der Waals surface area contributed by atoms with Gasteiger partial charge in [0.1, 0.15) is 19.1 Å². The molecule has 1 unspecified atom stereocenters. The molecule has 0 saturated carbocycles. The van der Waals surface area contributed by atoms with E-state index in [4.69, 9.17) is 32.7 Å². The fourth-order valence-electron chi connectivity index (χ4n) is 4.39. The highest BCUT2D eigenvalue weighted by Gasteiger charge is 2.36. The van der Waals surface area contributed by atoms with Crippen LogP contribution in [0.25, 0.3) is 0 Å². The van der Waals surface area contributed by atoms with Gasteiger partial charge in [0.2, 0.25) is 5.91 Å². The minimum atomic E-state index is -0.676. The Labute approximate surface area is 281 Å². The highest BCUT2D eigenvalue weighted by Crippen LogP contribution is 2.34. The zero-order valence-electron chi connectivity index (χ0n) is 27.6. The highest BCUT2D eigenvalue weighted by molar-refractivity contribution is 8.32. The molecular formula is C34H50Cl2N4O4S. The number of fused-ring (bicyclic) bond motifs is 1. The van der Waals surface area contributed by atoms with E-state index >= 15 is 0 Å². The maximum atomic E-state index is 13.6. The SMILES string of the molecule is C=CCC.COCCN1N=C2CCC(C(=O)N(COCCS(C)(C)C)c3cccc(Cl)c3)CN2CC1=O.Cc1cccc(Cl)c1. The average Bonchev–Trinajstić information content (AvgIpc) is 2.99. The number of amidine groups is 1. The molecule has 0 bridgehead atoms. The van der Waals surface area contributed by atoms with Crippen LogP contribution >= 0.6 is 33.2 Å². The predicted octanol–water partition coefficient (Wildman–Crippen LogP) is 7.09. The van der Waals surface area contributed by atoms with Crippen molar-refractivity contribution < 1.29 is 19.1 Å². The van der Waals surface area contributed by atoms with Crippen LogP contribution in [0.3, 0.4) is 0 Å². The van der Waals surface area contributed by atoms with Crippen LogP contribution in [-0.2, 0) is 19.1 Å². The van der Waals surface area contributed by atoms with Gasteiger partial charge in [0.05, 0.1) is 25.7 Å². The number of hydrogen-bond acceptors (Lipinski definition) is 6. The van der Waals surface area contributed by atoms with Crippen molar-refractivity contribution >= 4 is 56.6 Å². The Morgan fingerprint density at radius 3 is 2.36 bits per heavy atom. The van der Waals surface area contributed by atoms with E-state index in [0.29, 0.717) is 44.2 Å². The minimum absolute atomic E-state index is 0.0197. The molecule has 2 heterocycles. The van der Waals surface area contributed by atoms with Gasteiger partial charge in [0, 0.05) is 41.6 Å². The quantitative estimate of drug-likeness (QED) is 0.144. The van der Waals surface area contributed by atoms with E-state index in [0.717, 1.165) is 28.7 Å². The molecule has 2 aromatic carbocycles. The van der Waals surface area contributed by atoms with E-state index in [1.54, 1.807) is 24.1 Å². The van der Waals surface area contributed by atoms with Gasteiger partial charge in [-0.3, -0.25) is 14.5 Å². The lowest BCUT2D eigenvalue weighted by Crippen LogP contribution is -2.54. The number of amides is 2. The number of nitrogens with zero attached hydrogens (tertiary/aromatic N) is 4. The predicted molar refractivity (Wildman–Crippen MR) is 192 cm³/mol. The third-order valence-corrected chi connectivity index (χ3v) is 8.81. The Kier molecular flexibility index (Phi) is 17.0. The Bertz CT molecular complexity index is 1250. The van der Waals surface area contributed by atoms with Crippen LogP contribution in [0.15, 0.2) is 66.3 Å². The van der Waals surface area contributed by atoms with Gasteiger partial charge in [-0.15, -0.1) is 6.58 Å². The van der Waals surface area contributed by atoms with Gasteiger partial charge in [0.15, 0.2) is 0 Å². The fraction of sp³-hybridized carbons (Fsp3) is 0.500. The molecule has 2 amide bonds. The number of aryl methyl sites for hydroxylation is 1. The van der Waals surface area contributed by atoms with E-state index in [2.05, 4.69) is 37.4 Å². The number of halogens is 2. The van der Waals surface area contributed by atoms with Gasteiger partial charge in [0.25, 0.3) is 5.91 Å². The number of allylic oxidation sites excluding steroid dienone is 1. The molecule has 45 heavy (non-hydrogen) atoms. The number of carbonyl (C=O) groups excluding carboxylic acids is 2. The fourth-order valence-corrected chi connectivity index (χ4v) is 5.43. The molecule has 2 aromatic rings. The van der Waals surface area contributed by atoms with E-state index in [1.165, 1.54) is 10.6 Å². The molecule has 1 fully saturated rings. The Balaban J connectivity index is 0.000000492. The molecule has 2 aliphatic rings. The number of rotatable bonds is 11. The lowest BCUT2D eigenvalue weighted by atomic mass is 9.95. The first kappa shape index (κ1) is 38.6. The second kappa shape index (κ2) is 19.8. The number of carbonyl (C=O) groups is 2. The molecule has 0 aliphatic carbocycles. The second-order valence-electron chi connectivity index (χ2n) is 11.7. The summed E-state index contributed by atoms with van der Waals surface area (Å²) in [5, 5.41) is 7.35. The average molecular weight is 682 g/mol. The molecule has 0 aromatic heterocycles. The topological polar surface area (TPSA) is 74.7 Å². The molecule has 0 spiro atoms. The van der Waals surface area contributed by atoms with Crippen LogP contribution in [0.4, 0.5) is 5.69 Å². The van der Waals surface area contributed by atoms with Crippen LogP contribution in [-0.4, -0.2) is 98.8 Å². The number of benzene rings is 2. The number of anilines is 1. The lowest BCUT2D eigenvalue weighted by molar-refractivity contribution is -0.135. The van der Waals surface area contributed by atoms with E-state index in [1.807, 2.05) is 54.3 Å². The standard InChI is InChI=1S/C23H35ClN4O4S.C7H7Cl.C4H8/c1-31-11-10-28-22(29)16-26-15-18(8-9-21(26)25-28)23(30)27(17-32-12-13-33(2,3)4)20-7-5-6-19(24)14-20;1-6-3-2-4-7(8)5-6;1-3-4-2/h5-7,14,18H,8-13,15-17H2,1-4H3;2-5H,1H3;3H,1,4H2,2H3. The zero-order valence-corrected chi connectivity index (χ0v) is 30.0. The number of methoxy groups -OCH3 is 1. The Morgan fingerprint density at radius 1 is 1.13 bits per heavy atom. The third kappa shape index (κ3) is 14.2. The van der Waals surface area contributed by atoms with Crippen molar-refractivity contribution in [3.63, 3.8) is 0 Å². The van der Waals surface area contributed by atoms with Crippen molar-refractivity contribution in [2.24, 2.45) is 11.0 Å². The molecule has 0 N–H and O–H groups in total. The highest BCUT2D eigenvalue weighted by atomic mass is 35.5. The minimum Gasteiger partial charge on any atom is -0.383 e. The summed E-state index contributed by atoms with van der Waals surface area (Å²) in [5.74, 6) is 1.48. The Morgan fingerprint density at radius 2 is 1.80 bits per heavy atom. The monoisotopic (exact) mass is 680 g/mol. The summed E-state index contributed by atoms with van der Waals surface area (Å²) in [4.78, 5) is 29.7. The van der Waals surface area contributed by atoms with Crippen molar-refractivity contribution in [1.82, 2.24) is 9.91 Å². The first-order valence-corrected chi connectivity index (χ1v) is 18.9. The zero-order chi connectivity index (χ0) is 33.4. The summed E-state index contributed by atoms with van der Waals surface area (Å²) in [5.41, 5.74) is 1.92. The molecule has 4 rings (SSSR count). The van der Waals surface area contributed by atoms with Crippen LogP contribution in [0.2, 0.25) is 10.0 Å². The summed E-state index contributed by atoms with van der Waals surface area (Å²) in [7, 11) is 0.925. The van der Waals surface area contributed by atoms with Gasteiger partial charge < -0.3 is 14.4 Å². The summed E-state index contributed by atoms with van der Waals surface area (Å²) >= 11 is 11.9. The summed E-state index contributed by atoms with van der Waals surface area (Å²) in [6.45, 7) is 9.91. The van der Waals surface area contributed by atoms with E-state index < -0.39 is 10.0 Å². The molecule has 1 saturated heterocycles. The van der Waals surface area contributed by atoms with Crippen LogP contribution < -0.4 is 4.90 Å². The maximum Gasteiger partial charge on any atom is 0.262 e. The van der Waals surface area contributed by atoms with Crippen molar-refractivity contribution in [1.29, 1.82) is 0 Å².